The summed E-state index contributed by atoms with van der Waals surface area (Å²) in [5.41, 5.74) is 4.31. The summed E-state index contributed by atoms with van der Waals surface area (Å²) in [5, 5.41) is 17.4. The summed E-state index contributed by atoms with van der Waals surface area (Å²) in [7, 11) is 0. The zero-order chi connectivity index (χ0) is 16.2. The lowest BCUT2D eigenvalue weighted by Crippen LogP contribution is -2.05. The van der Waals surface area contributed by atoms with Crippen LogP contribution in [0.3, 0.4) is 0 Å². The van der Waals surface area contributed by atoms with Crippen molar-refractivity contribution in [1.82, 2.24) is 15.0 Å². The van der Waals surface area contributed by atoms with Gasteiger partial charge in [-0.25, -0.2) is 4.68 Å². The molecule has 0 atom stereocenters. The van der Waals surface area contributed by atoms with Crippen molar-refractivity contribution in [2.75, 3.05) is 0 Å². The second kappa shape index (κ2) is 6.44. The van der Waals surface area contributed by atoms with Crippen LogP contribution in [0.1, 0.15) is 27.3 Å². The molecule has 1 heterocycles. The van der Waals surface area contributed by atoms with E-state index < -0.39 is 0 Å². The quantitative estimate of drug-likeness (QED) is 0.736. The Labute approximate surface area is 134 Å². The highest BCUT2D eigenvalue weighted by Gasteiger charge is 2.13. The van der Waals surface area contributed by atoms with Gasteiger partial charge in [-0.05, 0) is 49.6 Å². The molecule has 3 rings (SSSR count). The van der Waals surface area contributed by atoms with Crippen molar-refractivity contribution in [2.45, 2.75) is 19.8 Å². The van der Waals surface area contributed by atoms with Gasteiger partial charge in [0.1, 0.15) is 11.4 Å². The molecule has 0 amide bonds. The van der Waals surface area contributed by atoms with Crippen LogP contribution in [0, 0.1) is 6.92 Å². The molecule has 0 fully saturated rings. The van der Waals surface area contributed by atoms with Crippen LogP contribution in [0.15, 0.2) is 48.5 Å². The first-order chi connectivity index (χ1) is 11.2. The van der Waals surface area contributed by atoms with E-state index in [-0.39, 0.29) is 5.75 Å². The second-order valence-electron chi connectivity index (χ2n) is 5.45. The molecule has 0 aliphatic rings. The Kier molecular flexibility index (Phi) is 4.19. The summed E-state index contributed by atoms with van der Waals surface area (Å²) in [6.07, 6.45) is 2.19. The molecule has 0 saturated heterocycles. The number of hydrogen-bond donors (Lipinski definition) is 1. The fraction of sp³-hybridized carbons (Fsp3) is 0.167. The van der Waals surface area contributed by atoms with E-state index in [4.69, 9.17) is 0 Å². The van der Waals surface area contributed by atoms with Crippen LogP contribution in [0.2, 0.25) is 0 Å². The zero-order valence-corrected chi connectivity index (χ0v) is 12.8. The van der Waals surface area contributed by atoms with E-state index in [1.807, 2.05) is 0 Å². The summed E-state index contributed by atoms with van der Waals surface area (Å²) in [4.78, 5) is 11.2. The van der Waals surface area contributed by atoms with E-state index in [1.54, 1.807) is 28.9 Å². The summed E-state index contributed by atoms with van der Waals surface area (Å²) in [6.45, 7) is 2.05. The highest BCUT2D eigenvalue weighted by atomic mass is 16.3. The number of phenols is 1. The van der Waals surface area contributed by atoms with Crippen molar-refractivity contribution in [1.29, 1.82) is 0 Å². The normalized spacial score (nSPS) is 10.7. The van der Waals surface area contributed by atoms with E-state index >= 15 is 0 Å². The van der Waals surface area contributed by atoms with Gasteiger partial charge < -0.3 is 5.11 Å². The van der Waals surface area contributed by atoms with Gasteiger partial charge in [0.2, 0.25) is 0 Å². The Morgan fingerprint density at radius 2 is 1.74 bits per heavy atom. The SMILES string of the molecule is Cc1ccc(CCc2c(C=O)nnn2-c2ccc(O)cc2)cc1. The minimum Gasteiger partial charge on any atom is -0.508 e. The third kappa shape index (κ3) is 3.29. The van der Waals surface area contributed by atoms with Gasteiger partial charge in [0.05, 0.1) is 11.4 Å². The molecule has 0 aliphatic carbocycles. The molecule has 5 heteroatoms. The Morgan fingerprint density at radius 3 is 2.39 bits per heavy atom. The van der Waals surface area contributed by atoms with Gasteiger partial charge in [0, 0.05) is 0 Å². The first-order valence-electron chi connectivity index (χ1n) is 7.42. The van der Waals surface area contributed by atoms with Crippen LogP contribution in [-0.4, -0.2) is 26.4 Å². The van der Waals surface area contributed by atoms with Crippen molar-refractivity contribution in [2.24, 2.45) is 0 Å². The number of nitrogens with zero attached hydrogens (tertiary/aromatic N) is 3. The lowest BCUT2D eigenvalue weighted by atomic mass is 10.1. The number of rotatable bonds is 5. The molecular formula is C18H17N3O2. The first-order valence-corrected chi connectivity index (χ1v) is 7.42. The molecule has 116 valence electrons. The van der Waals surface area contributed by atoms with Crippen molar-refractivity contribution in [3.05, 3.63) is 71.0 Å². The highest BCUT2D eigenvalue weighted by Crippen LogP contribution is 2.17. The molecule has 3 aromatic rings. The molecular weight excluding hydrogens is 290 g/mol. The molecule has 23 heavy (non-hydrogen) atoms. The monoisotopic (exact) mass is 307 g/mol. The molecule has 0 saturated carbocycles. The largest absolute Gasteiger partial charge is 0.508 e. The average molecular weight is 307 g/mol. The molecule has 5 nitrogen and oxygen atoms in total. The van der Waals surface area contributed by atoms with Gasteiger partial charge in [0.25, 0.3) is 0 Å². The Balaban J connectivity index is 1.88. The van der Waals surface area contributed by atoms with Gasteiger partial charge in [-0.2, -0.15) is 0 Å². The maximum absolute atomic E-state index is 11.2. The predicted octanol–water partition coefficient (Wildman–Crippen LogP) is 2.88. The number of carbonyl (C=O) groups is 1. The lowest BCUT2D eigenvalue weighted by Gasteiger charge is -2.07. The smallest absolute Gasteiger partial charge is 0.172 e. The number of aryl methyl sites for hydroxylation is 2. The van der Waals surface area contributed by atoms with Gasteiger partial charge in [0.15, 0.2) is 6.29 Å². The minimum atomic E-state index is 0.186. The average Bonchev–Trinajstić information content (AvgIpc) is 2.98. The van der Waals surface area contributed by atoms with Crippen LogP contribution in [0.4, 0.5) is 0 Å². The maximum atomic E-state index is 11.2. The van der Waals surface area contributed by atoms with Crippen molar-refractivity contribution < 1.29 is 9.90 Å². The minimum absolute atomic E-state index is 0.186. The second-order valence-corrected chi connectivity index (χ2v) is 5.45. The number of aromatic nitrogens is 3. The molecule has 1 N–H and O–H groups in total. The summed E-state index contributed by atoms with van der Waals surface area (Å²) < 4.78 is 1.65. The van der Waals surface area contributed by atoms with E-state index in [1.165, 1.54) is 11.1 Å². The highest BCUT2D eigenvalue weighted by molar-refractivity contribution is 5.73. The molecule has 0 aliphatic heterocycles. The molecule has 0 unspecified atom stereocenters. The summed E-state index contributed by atoms with van der Waals surface area (Å²) in [5.74, 6) is 0.186. The standard InChI is InChI=1S/C18H17N3O2/c1-13-2-4-14(5-3-13)6-11-18-17(12-22)19-20-21(18)15-7-9-16(23)10-8-15/h2-5,7-10,12,23H,6,11H2,1H3. The number of benzene rings is 2. The molecule has 0 spiro atoms. The van der Waals surface area contributed by atoms with Gasteiger partial charge >= 0.3 is 0 Å². The third-order valence-corrected chi connectivity index (χ3v) is 3.77. The fourth-order valence-corrected chi connectivity index (χ4v) is 2.46. The van der Waals surface area contributed by atoms with E-state index in [0.717, 1.165) is 24.1 Å². The molecule has 1 aromatic heterocycles. The first kappa shape index (κ1) is 15.0. The maximum Gasteiger partial charge on any atom is 0.172 e. The van der Waals surface area contributed by atoms with Crippen LogP contribution < -0.4 is 0 Å². The van der Waals surface area contributed by atoms with Gasteiger partial charge in [-0.15, -0.1) is 5.10 Å². The topological polar surface area (TPSA) is 68.0 Å². The summed E-state index contributed by atoms with van der Waals surface area (Å²) in [6, 6.07) is 15.0. The number of aromatic hydroxyl groups is 1. The van der Waals surface area contributed by atoms with Crippen LogP contribution >= 0.6 is 0 Å². The van der Waals surface area contributed by atoms with Crippen LogP contribution in [-0.2, 0) is 12.8 Å². The Morgan fingerprint density at radius 1 is 1.04 bits per heavy atom. The van der Waals surface area contributed by atoms with Gasteiger partial charge in [-0.1, -0.05) is 35.0 Å². The lowest BCUT2D eigenvalue weighted by molar-refractivity contribution is 0.111. The van der Waals surface area contributed by atoms with Crippen molar-refractivity contribution in [3.8, 4) is 11.4 Å². The third-order valence-electron chi connectivity index (χ3n) is 3.77. The van der Waals surface area contributed by atoms with E-state index in [9.17, 15) is 9.90 Å². The van der Waals surface area contributed by atoms with E-state index in [0.29, 0.717) is 12.1 Å². The van der Waals surface area contributed by atoms with Gasteiger partial charge in [-0.3, -0.25) is 4.79 Å². The van der Waals surface area contributed by atoms with Crippen LogP contribution in [0.25, 0.3) is 5.69 Å². The Hall–Kier alpha value is -2.95. The number of hydrogen-bond acceptors (Lipinski definition) is 4. The molecule has 0 bridgehead atoms. The van der Waals surface area contributed by atoms with Crippen LogP contribution in [0.5, 0.6) is 5.75 Å². The van der Waals surface area contributed by atoms with Crippen molar-refractivity contribution in [3.63, 3.8) is 0 Å². The number of carbonyl (C=O) groups excluding carboxylic acids is 1. The van der Waals surface area contributed by atoms with Crippen molar-refractivity contribution >= 4 is 6.29 Å². The number of aldehydes is 1. The molecule has 2 aromatic carbocycles. The Bertz CT molecular complexity index is 805. The fourth-order valence-electron chi connectivity index (χ4n) is 2.46. The molecule has 0 radical (unpaired) electrons. The summed E-state index contributed by atoms with van der Waals surface area (Å²) >= 11 is 0. The predicted molar refractivity (Wildman–Crippen MR) is 87.0 cm³/mol. The number of phenolic OH excluding ortho intramolecular Hbond substituents is 1. The van der Waals surface area contributed by atoms with E-state index in [2.05, 4.69) is 41.5 Å². The zero-order valence-electron chi connectivity index (χ0n) is 12.8.